The average molecular weight is 210 g/mol. The summed E-state index contributed by atoms with van der Waals surface area (Å²) in [6.07, 6.45) is 1.49. The number of anilines is 1. The van der Waals surface area contributed by atoms with Gasteiger partial charge in [0.2, 0.25) is 5.88 Å². The molecular weight excluding hydrogens is 192 g/mol. The molecule has 0 aliphatic carbocycles. The van der Waals surface area contributed by atoms with Gasteiger partial charge in [-0.3, -0.25) is 0 Å². The first kappa shape index (κ1) is 11.7. The Bertz CT molecular complexity index is 293. The summed E-state index contributed by atoms with van der Waals surface area (Å²) in [6.45, 7) is 6.08. The van der Waals surface area contributed by atoms with E-state index in [2.05, 4.69) is 22.2 Å². The highest BCUT2D eigenvalue weighted by Crippen LogP contribution is 2.10. The second-order valence-corrected chi connectivity index (χ2v) is 3.40. The van der Waals surface area contributed by atoms with Gasteiger partial charge in [-0.25, -0.2) is 9.97 Å². The zero-order valence-corrected chi connectivity index (χ0v) is 9.23. The summed E-state index contributed by atoms with van der Waals surface area (Å²) in [5.74, 6) is 1.79. The van der Waals surface area contributed by atoms with Crippen LogP contribution in [0.15, 0.2) is 12.4 Å². The van der Waals surface area contributed by atoms with Gasteiger partial charge in [0.05, 0.1) is 6.61 Å². The van der Waals surface area contributed by atoms with Crippen LogP contribution in [-0.4, -0.2) is 29.7 Å². The molecule has 1 rings (SSSR count). The van der Waals surface area contributed by atoms with Gasteiger partial charge in [-0.15, -0.1) is 0 Å². The molecular formula is C10H18N4O. The number of nitrogens with two attached hydrogens (primary N) is 1. The Labute approximate surface area is 90.1 Å². The van der Waals surface area contributed by atoms with Crippen molar-refractivity contribution in [3.05, 3.63) is 12.4 Å². The minimum atomic E-state index is 0.426. The Balaban J connectivity index is 2.50. The molecule has 84 valence electrons. The Morgan fingerprint density at radius 2 is 2.33 bits per heavy atom. The number of aromatic nitrogens is 2. The molecule has 1 aromatic heterocycles. The summed E-state index contributed by atoms with van der Waals surface area (Å²) in [6, 6.07) is 1.78. The maximum absolute atomic E-state index is 5.52. The quantitative estimate of drug-likeness (QED) is 0.729. The molecule has 0 aliphatic heterocycles. The molecule has 1 atom stereocenters. The lowest BCUT2D eigenvalue weighted by atomic mass is 10.2. The van der Waals surface area contributed by atoms with E-state index >= 15 is 0 Å². The third-order valence-electron chi connectivity index (χ3n) is 1.97. The van der Waals surface area contributed by atoms with Crippen LogP contribution in [0.25, 0.3) is 0 Å². The van der Waals surface area contributed by atoms with Gasteiger partial charge in [0.15, 0.2) is 0 Å². The highest BCUT2D eigenvalue weighted by atomic mass is 16.5. The van der Waals surface area contributed by atoms with Crippen LogP contribution in [0, 0.1) is 5.92 Å². The van der Waals surface area contributed by atoms with E-state index in [4.69, 9.17) is 10.5 Å². The minimum absolute atomic E-state index is 0.426. The number of nitrogens with one attached hydrogen (secondary N) is 1. The minimum Gasteiger partial charge on any atom is -0.478 e. The molecule has 1 unspecified atom stereocenters. The molecule has 0 saturated heterocycles. The van der Waals surface area contributed by atoms with Crippen LogP contribution in [0.1, 0.15) is 13.8 Å². The normalized spacial score (nSPS) is 12.2. The molecule has 0 amide bonds. The first-order valence-electron chi connectivity index (χ1n) is 5.15. The van der Waals surface area contributed by atoms with Gasteiger partial charge in [0, 0.05) is 12.6 Å². The molecule has 0 aliphatic rings. The van der Waals surface area contributed by atoms with Crippen molar-refractivity contribution in [2.24, 2.45) is 11.7 Å². The van der Waals surface area contributed by atoms with Gasteiger partial charge in [-0.05, 0) is 19.4 Å². The van der Waals surface area contributed by atoms with Crippen LogP contribution >= 0.6 is 0 Å². The Morgan fingerprint density at radius 3 is 3.00 bits per heavy atom. The van der Waals surface area contributed by atoms with Crippen LogP contribution in [0.5, 0.6) is 5.88 Å². The first-order chi connectivity index (χ1) is 7.26. The van der Waals surface area contributed by atoms with Crippen molar-refractivity contribution in [1.29, 1.82) is 0 Å². The number of hydrogen-bond acceptors (Lipinski definition) is 5. The predicted molar refractivity (Wildman–Crippen MR) is 59.9 cm³/mol. The second-order valence-electron chi connectivity index (χ2n) is 3.40. The molecule has 3 N–H and O–H groups in total. The highest BCUT2D eigenvalue weighted by Gasteiger charge is 2.01. The molecule has 0 spiro atoms. The van der Waals surface area contributed by atoms with Crippen LogP contribution in [-0.2, 0) is 0 Å². The van der Waals surface area contributed by atoms with Crippen LogP contribution in [0.2, 0.25) is 0 Å². The molecule has 0 radical (unpaired) electrons. The lowest BCUT2D eigenvalue weighted by molar-refractivity contribution is 0.326. The van der Waals surface area contributed by atoms with Gasteiger partial charge >= 0.3 is 0 Å². The molecule has 1 aromatic rings. The fraction of sp³-hybridized carbons (Fsp3) is 0.600. The van der Waals surface area contributed by atoms with Gasteiger partial charge in [-0.1, -0.05) is 6.92 Å². The molecule has 0 bridgehead atoms. The van der Waals surface area contributed by atoms with Crippen molar-refractivity contribution in [2.75, 3.05) is 25.0 Å². The summed E-state index contributed by atoms with van der Waals surface area (Å²) < 4.78 is 5.26. The lowest BCUT2D eigenvalue weighted by Gasteiger charge is -2.10. The summed E-state index contributed by atoms with van der Waals surface area (Å²) in [4.78, 5) is 8.06. The lowest BCUT2D eigenvalue weighted by Crippen LogP contribution is -2.20. The van der Waals surface area contributed by atoms with Crippen molar-refractivity contribution in [3.8, 4) is 5.88 Å². The van der Waals surface area contributed by atoms with Crippen LogP contribution in [0.3, 0.4) is 0 Å². The monoisotopic (exact) mass is 210 g/mol. The fourth-order valence-electron chi connectivity index (χ4n) is 1.03. The van der Waals surface area contributed by atoms with E-state index in [1.807, 2.05) is 6.92 Å². The Morgan fingerprint density at radius 1 is 1.53 bits per heavy atom. The molecule has 0 saturated carbocycles. The van der Waals surface area contributed by atoms with Gasteiger partial charge < -0.3 is 15.8 Å². The smallest absolute Gasteiger partial charge is 0.218 e. The Kier molecular flexibility index (Phi) is 4.83. The molecule has 5 nitrogen and oxygen atoms in total. The largest absolute Gasteiger partial charge is 0.478 e. The van der Waals surface area contributed by atoms with Crippen molar-refractivity contribution in [2.45, 2.75) is 13.8 Å². The summed E-state index contributed by atoms with van der Waals surface area (Å²) >= 11 is 0. The molecule has 0 aromatic carbocycles. The van der Waals surface area contributed by atoms with E-state index in [0.717, 1.165) is 12.4 Å². The highest BCUT2D eigenvalue weighted by molar-refractivity contribution is 5.36. The maximum atomic E-state index is 5.52. The maximum Gasteiger partial charge on any atom is 0.218 e. The van der Waals surface area contributed by atoms with Gasteiger partial charge in [0.25, 0.3) is 0 Å². The molecule has 1 heterocycles. The predicted octanol–water partition coefficient (Wildman–Crippen LogP) is 0.882. The SMILES string of the molecule is CCOc1cc(NCC(C)CN)ncn1. The second kappa shape index (κ2) is 6.19. The van der Waals surface area contributed by atoms with Crippen molar-refractivity contribution < 1.29 is 4.74 Å². The number of hydrogen-bond donors (Lipinski definition) is 2. The number of ether oxygens (including phenoxy) is 1. The first-order valence-corrected chi connectivity index (χ1v) is 5.15. The number of nitrogens with zero attached hydrogens (tertiary/aromatic N) is 2. The topological polar surface area (TPSA) is 73.1 Å². The van der Waals surface area contributed by atoms with Crippen LogP contribution < -0.4 is 15.8 Å². The zero-order valence-electron chi connectivity index (χ0n) is 9.23. The van der Waals surface area contributed by atoms with Gasteiger partial charge in [-0.2, -0.15) is 0 Å². The van der Waals surface area contributed by atoms with Crippen molar-refractivity contribution >= 4 is 5.82 Å². The van der Waals surface area contributed by atoms with E-state index in [9.17, 15) is 0 Å². The van der Waals surface area contributed by atoms with E-state index in [-0.39, 0.29) is 0 Å². The van der Waals surface area contributed by atoms with E-state index < -0.39 is 0 Å². The van der Waals surface area contributed by atoms with E-state index in [1.165, 1.54) is 6.33 Å². The van der Waals surface area contributed by atoms with Gasteiger partial charge in [0.1, 0.15) is 12.1 Å². The van der Waals surface area contributed by atoms with Crippen molar-refractivity contribution in [3.63, 3.8) is 0 Å². The molecule has 15 heavy (non-hydrogen) atoms. The third kappa shape index (κ3) is 4.12. The van der Waals surface area contributed by atoms with Crippen LogP contribution in [0.4, 0.5) is 5.82 Å². The summed E-state index contributed by atoms with van der Waals surface area (Å²) in [5, 5.41) is 3.18. The fourth-order valence-corrected chi connectivity index (χ4v) is 1.03. The Hall–Kier alpha value is -1.36. The molecule has 5 heteroatoms. The van der Waals surface area contributed by atoms with E-state index in [0.29, 0.717) is 24.9 Å². The zero-order chi connectivity index (χ0) is 11.1. The third-order valence-corrected chi connectivity index (χ3v) is 1.97. The van der Waals surface area contributed by atoms with E-state index in [1.54, 1.807) is 6.07 Å². The summed E-state index contributed by atoms with van der Waals surface area (Å²) in [5.41, 5.74) is 5.52. The summed E-state index contributed by atoms with van der Waals surface area (Å²) in [7, 11) is 0. The van der Waals surface area contributed by atoms with Crippen molar-refractivity contribution in [1.82, 2.24) is 9.97 Å². The standard InChI is InChI=1S/C10H18N4O/c1-3-15-10-4-9(13-7-14-10)12-6-8(2)5-11/h4,7-8H,3,5-6,11H2,1-2H3,(H,12,13,14). The molecule has 0 fully saturated rings. The number of rotatable bonds is 6. The average Bonchev–Trinajstić information content (AvgIpc) is 2.27.